The van der Waals surface area contributed by atoms with Crippen molar-refractivity contribution in [2.45, 2.75) is 43.2 Å². The number of nitrogens with zero attached hydrogens (tertiary/aromatic N) is 2. The van der Waals surface area contributed by atoms with Gasteiger partial charge in [0.05, 0.1) is 23.5 Å². The van der Waals surface area contributed by atoms with Crippen molar-refractivity contribution < 1.29 is 22.7 Å². The van der Waals surface area contributed by atoms with Gasteiger partial charge in [0.1, 0.15) is 5.75 Å². The van der Waals surface area contributed by atoms with Gasteiger partial charge in [-0.05, 0) is 86.3 Å². The minimum absolute atomic E-state index is 0.119. The number of piperidine rings is 1. The lowest BCUT2D eigenvalue weighted by molar-refractivity contribution is -0.138. The Kier molecular flexibility index (Phi) is 8.99. The molecule has 2 fully saturated rings. The largest absolute Gasteiger partial charge is 0.497 e. The van der Waals surface area contributed by atoms with Crippen LogP contribution in [0.4, 0.5) is 0 Å². The Hall–Kier alpha value is -3.69. The molecule has 0 saturated carbocycles. The van der Waals surface area contributed by atoms with Gasteiger partial charge in [-0.1, -0.05) is 42.5 Å². The molecule has 2 aliphatic rings. The van der Waals surface area contributed by atoms with Crippen LogP contribution in [0.1, 0.15) is 53.2 Å². The Labute approximate surface area is 248 Å². The molecule has 1 N–H and O–H groups in total. The van der Waals surface area contributed by atoms with E-state index < -0.39 is 9.84 Å². The predicted molar refractivity (Wildman–Crippen MR) is 162 cm³/mol. The molecule has 222 valence electrons. The molecule has 2 amide bonds. The lowest BCUT2D eigenvalue weighted by Crippen LogP contribution is -2.45. The zero-order chi connectivity index (χ0) is 29.7. The van der Waals surface area contributed by atoms with Gasteiger partial charge in [-0.2, -0.15) is 0 Å². The summed E-state index contributed by atoms with van der Waals surface area (Å²) in [5, 5.41) is 3.22. The van der Waals surface area contributed by atoms with E-state index in [-0.39, 0.29) is 28.2 Å². The number of carbonyl (C=O) groups is 2. The SMILES string of the molecule is COc1ccc(C(=O)NC(CCN2CCC3(CC2)CCN(Cc2ccc(S(C)(=O)=O)cc2)C3=O)c2ccccc2)cc1. The first-order chi connectivity index (χ1) is 20.2. The lowest BCUT2D eigenvalue weighted by atomic mass is 9.77. The van der Waals surface area contributed by atoms with Crippen LogP contribution in [0.15, 0.2) is 83.8 Å². The van der Waals surface area contributed by atoms with E-state index >= 15 is 0 Å². The van der Waals surface area contributed by atoms with E-state index in [1.54, 1.807) is 55.6 Å². The quantitative estimate of drug-likeness (QED) is 0.375. The summed E-state index contributed by atoms with van der Waals surface area (Å²) in [7, 11) is -1.64. The molecule has 1 unspecified atom stereocenters. The standard InChI is InChI=1S/C33H39N3O5S/c1-41-28-12-10-27(11-13-28)31(37)34-30(26-6-4-3-5-7-26)16-20-35-21-17-33(18-22-35)19-23-36(32(33)38)24-25-8-14-29(15-9-25)42(2,39)40/h3-15,30H,16-24H2,1-2H3,(H,34,37). The van der Waals surface area contributed by atoms with Crippen LogP contribution < -0.4 is 10.1 Å². The van der Waals surface area contributed by atoms with E-state index in [0.717, 1.165) is 63.0 Å². The van der Waals surface area contributed by atoms with Crippen molar-refractivity contribution in [2.75, 3.05) is 39.5 Å². The van der Waals surface area contributed by atoms with Crippen LogP contribution in [0.5, 0.6) is 5.75 Å². The highest BCUT2D eigenvalue weighted by molar-refractivity contribution is 7.90. The summed E-state index contributed by atoms with van der Waals surface area (Å²) in [5.74, 6) is 0.802. The molecule has 3 aromatic rings. The highest BCUT2D eigenvalue weighted by Gasteiger charge is 2.47. The van der Waals surface area contributed by atoms with Crippen LogP contribution in [0.25, 0.3) is 0 Å². The number of methoxy groups -OCH3 is 1. The highest BCUT2D eigenvalue weighted by Crippen LogP contribution is 2.42. The third-order valence-electron chi connectivity index (χ3n) is 8.73. The molecule has 2 heterocycles. The molecule has 0 aliphatic carbocycles. The molecule has 9 heteroatoms. The van der Waals surface area contributed by atoms with Gasteiger partial charge in [-0.15, -0.1) is 0 Å². The molecule has 2 aliphatic heterocycles. The smallest absolute Gasteiger partial charge is 0.251 e. The normalized spacial score (nSPS) is 17.8. The number of nitrogens with one attached hydrogen (secondary N) is 1. The summed E-state index contributed by atoms with van der Waals surface area (Å²) < 4.78 is 28.7. The molecule has 0 radical (unpaired) electrons. The van der Waals surface area contributed by atoms with Crippen molar-refractivity contribution in [3.05, 3.63) is 95.6 Å². The average Bonchev–Trinajstić information content (AvgIpc) is 3.30. The number of hydrogen-bond donors (Lipinski definition) is 1. The van der Waals surface area contributed by atoms with Crippen LogP contribution in [0.2, 0.25) is 0 Å². The number of likely N-dealkylation sites (tertiary alicyclic amines) is 2. The van der Waals surface area contributed by atoms with E-state index in [0.29, 0.717) is 17.9 Å². The van der Waals surface area contributed by atoms with Crippen molar-refractivity contribution in [3.63, 3.8) is 0 Å². The van der Waals surface area contributed by atoms with E-state index in [1.807, 2.05) is 35.2 Å². The van der Waals surface area contributed by atoms with Crippen molar-refractivity contribution in [1.82, 2.24) is 15.1 Å². The molecule has 0 bridgehead atoms. The Morgan fingerprint density at radius 2 is 1.57 bits per heavy atom. The molecule has 8 nitrogen and oxygen atoms in total. The van der Waals surface area contributed by atoms with Gasteiger partial charge in [0.25, 0.3) is 5.91 Å². The first kappa shape index (κ1) is 29.8. The van der Waals surface area contributed by atoms with Crippen LogP contribution >= 0.6 is 0 Å². The van der Waals surface area contributed by atoms with Gasteiger partial charge in [0.15, 0.2) is 9.84 Å². The molecule has 3 aromatic carbocycles. The van der Waals surface area contributed by atoms with Gasteiger partial charge in [-0.25, -0.2) is 8.42 Å². The molecule has 5 rings (SSSR count). The average molecular weight is 590 g/mol. The second kappa shape index (κ2) is 12.7. The van der Waals surface area contributed by atoms with Gasteiger partial charge in [0, 0.05) is 31.5 Å². The van der Waals surface area contributed by atoms with E-state index in [9.17, 15) is 18.0 Å². The molecule has 1 atom stereocenters. The third kappa shape index (κ3) is 6.85. The Balaban J connectivity index is 1.16. The number of rotatable bonds is 10. The van der Waals surface area contributed by atoms with Gasteiger partial charge in [0.2, 0.25) is 5.91 Å². The van der Waals surface area contributed by atoms with E-state index in [2.05, 4.69) is 10.2 Å². The second-order valence-electron chi connectivity index (χ2n) is 11.5. The maximum atomic E-state index is 13.5. The fourth-order valence-electron chi connectivity index (χ4n) is 6.08. The maximum absolute atomic E-state index is 13.5. The Bertz CT molecular complexity index is 1480. The number of ether oxygens (including phenoxy) is 1. The summed E-state index contributed by atoms with van der Waals surface area (Å²) >= 11 is 0. The van der Waals surface area contributed by atoms with Gasteiger partial charge < -0.3 is 19.9 Å². The zero-order valence-electron chi connectivity index (χ0n) is 24.3. The number of amides is 2. The van der Waals surface area contributed by atoms with E-state index in [1.165, 1.54) is 6.26 Å². The van der Waals surface area contributed by atoms with Crippen LogP contribution in [0.3, 0.4) is 0 Å². The van der Waals surface area contributed by atoms with Crippen LogP contribution in [-0.4, -0.2) is 69.6 Å². The Morgan fingerprint density at radius 3 is 2.19 bits per heavy atom. The molecule has 0 aromatic heterocycles. The van der Waals surface area contributed by atoms with Gasteiger partial charge >= 0.3 is 0 Å². The van der Waals surface area contributed by atoms with Crippen LogP contribution in [0, 0.1) is 5.41 Å². The summed E-state index contributed by atoms with van der Waals surface area (Å²) in [5.41, 5.74) is 2.28. The molecular weight excluding hydrogens is 550 g/mol. The third-order valence-corrected chi connectivity index (χ3v) is 9.86. The summed E-state index contributed by atoms with van der Waals surface area (Å²) in [6.07, 6.45) is 4.46. The topological polar surface area (TPSA) is 96.0 Å². The first-order valence-corrected chi connectivity index (χ1v) is 16.4. The van der Waals surface area contributed by atoms with Gasteiger partial charge in [-0.3, -0.25) is 9.59 Å². The fourth-order valence-corrected chi connectivity index (χ4v) is 6.71. The van der Waals surface area contributed by atoms with Crippen LogP contribution in [-0.2, 0) is 21.2 Å². The van der Waals surface area contributed by atoms with Crippen molar-refractivity contribution >= 4 is 21.7 Å². The van der Waals surface area contributed by atoms with E-state index in [4.69, 9.17) is 4.74 Å². The summed E-state index contributed by atoms with van der Waals surface area (Å²) in [4.78, 5) is 31.2. The Morgan fingerprint density at radius 1 is 0.929 bits per heavy atom. The minimum atomic E-state index is -3.24. The number of sulfone groups is 1. The molecule has 1 spiro atoms. The monoisotopic (exact) mass is 589 g/mol. The minimum Gasteiger partial charge on any atom is -0.497 e. The zero-order valence-corrected chi connectivity index (χ0v) is 25.1. The number of benzene rings is 3. The molecule has 2 saturated heterocycles. The highest BCUT2D eigenvalue weighted by atomic mass is 32.2. The first-order valence-electron chi connectivity index (χ1n) is 14.5. The summed E-state index contributed by atoms with van der Waals surface area (Å²) in [6.45, 7) is 3.73. The molecular formula is C33H39N3O5S. The summed E-state index contributed by atoms with van der Waals surface area (Å²) in [6, 6.07) is 23.9. The number of carbonyl (C=O) groups excluding carboxylic acids is 2. The van der Waals surface area contributed by atoms with Crippen molar-refractivity contribution in [1.29, 1.82) is 0 Å². The second-order valence-corrected chi connectivity index (χ2v) is 13.5. The fraction of sp³-hybridized carbons (Fsp3) is 0.394. The van der Waals surface area contributed by atoms with Crippen molar-refractivity contribution in [3.8, 4) is 5.75 Å². The predicted octanol–water partition coefficient (Wildman–Crippen LogP) is 4.47. The maximum Gasteiger partial charge on any atom is 0.251 e. The molecule has 42 heavy (non-hydrogen) atoms. The van der Waals surface area contributed by atoms with Crippen molar-refractivity contribution in [2.24, 2.45) is 5.41 Å². The number of hydrogen-bond acceptors (Lipinski definition) is 6. The lowest BCUT2D eigenvalue weighted by Gasteiger charge is -2.38.